The summed E-state index contributed by atoms with van der Waals surface area (Å²) in [6, 6.07) is 8.79. The summed E-state index contributed by atoms with van der Waals surface area (Å²) in [5.74, 6) is -1.18. The van der Waals surface area contributed by atoms with Gasteiger partial charge in [0, 0.05) is 18.5 Å². The lowest BCUT2D eigenvalue weighted by molar-refractivity contribution is -0.138. The number of amides is 4. The summed E-state index contributed by atoms with van der Waals surface area (Å²) < 4.78 is 13.0. The van der Waals surface area contributed by atoms with Gasteiger partial charge < -0.3 is 10.2 Å². The van der Waals surface area contributed by atoms with Crippen molar-refractivity contribution in [1.82, 2.24) is 15.1 Å². The molecule has 1 saturated heterocycles. The third kappa shape index (κ3) is 3.32. The molecule has 0 radical (unpaired) electrons. The molecule has 1 N–H and O–H groups in total. The Morgan fingerprint density at radius 1 is 1.27 bits per heavy atom. The van der Waals surface area contributed by atoms with Gasteiger partial charge in [-0.25, -0.2) is 9.18 Å². The number of imide groups is 1. The predicted molar refractivity (Wildman–Crippen MR) is 94.8 cm³/mol. The average Bonchev–Trinajstić information content (AvgIpc) is 3.21. The Kier molecular flexibility index (Phi) is 4.78. The molecule has 0 bridgehead atoms. The summed E-state index contributed by atoms with van der Waals surface area (Å²) in [6.07, 6.45) is 0. The van der Waals surface area contributed by atoms with E-state index in [-0.39, 0.29) is 24.8 Å². The molecule has 1 aliphatic rings. The van der Waals surface area contributed by atoms with Crippen molar-refractivity contribution in [1.29, 1.82) is 0 Å². The fourth-order valence-corrected chi connectivity index (χ4v) is 3.61. The molecule has 0 aliphatic carbocycles. The molecule has 6 nitrogen and oxygen atoms in total. The molecule has 3 rings (SSSR count). The van der Waals surface area contributed by atoms with Crippen molar-refractivity contribution in [3.63, 3.8) is 0 Å². The van der Waals surface area contributed by atoms with Gasteiger partial charge in [-0.3, -0.25) is 14.5 Å². The van der Waals surface area contributed by atoms with Crippen LogP contribution in [0.4, 0.5) is 9.18 Å². The van der Waals surface area contributed by atoms with Crippen molar-refractivity contribution in [3.05, 3.63) is 58.0 Å². The summed E-state index contributed by atoms with van der Waals surface area (Å²) in [4.78, 5) is 40.4. The highest BCUT2D eigenvalue weighted by Gasteiger charge is 2.50. The quantitative estimate of drug-likeness (QED) is 0.816. The highest BCUT2D eigenvalue weighted by molar-refractivity contribution is 7.10. The average molecular weight is 375 g/mol. The number of carbonyl (C=O) groups is 3. The molecule has 1 fully saturated rings. The first-order valence-electron chi connectivity index (χ1n) is 7.98. The first-order chi connectivity index (χ1) is 12.3. The molecule has 0 saturated carbocycles. The minimum atomic E-state index is -1.15. The van der Waals surface area contributed by atoms with E-state index in [0.717, 1.165) is 10.5 Å². The number of hydrogen-bond acceptors (Lipinski definition) is 4. The molecular formula is C18H18FN3O3S. The Labute approximate surface area is 154 Å². The van der Waals surface area contributed by atoms with Crippen LogP contribution in [-0.4, -0.2) is 41.2 Å². The summed E-state index contributed by atoms with van der Waals surface area (Å²) in [5.41, 5.74) is -0.399. The zero-order valence-electron chi connectivity index (χ0n) is 14.4. The molecule has 26 heavy (non-hydrogen) atoms. The molecule has 0 spiro atoms. The van der Waals surface area contributed by atoms with Crippen LogP contribution in [-0.2, 0) is 21.7 Å². The van der Waals surface area contributed by atoms with Crippen molar-refractivity contribution in [3.8, 4) is 0 Å². The summed E-state index contributed by atoms with van der Waals surface area (Å²) in [7, 11) is 1.57. The molecular weight excluding hydrogens is 357 g/mol. The SMILES string of the molecule is CN(Cc1ccc(F)cc1)C(=O)CN1C(=O)NC(C)(c2cccs2)C1=O. The van der Waals surface area contributed by atoms with Gasteiger partial charge in [0.1, 0.15) is 12.4 Å². The van der Waals surface area contributed by atoms with E-state index < -0.39 is 17.5 Å². The van der Waals surface area contributed by atoms with E-state index in [0.29, 0.717) is 4.88 Å². The molecule has 2 aromatic rings. The first-order valence-corrected chi connectivity index (χ1v) is 8.86. The Bertz CT molecular complexity index is 838. The maximum atomic E-state index is 13.0. The van der Waals surface area contributed by atoms with Gasteiger partial charge in [-0.2, -0.15) is 0 Å². The largest absolute Gasteiger partial charge is 0.340 e. The lowest BCUT2D eigenvalue weighted by atomic mass is 10.0. The number of nitrogens with zero attached hydrogens (tertiary/aromatic N) is 2. The number of thiophene rings is 1. The zero-order chi connectivity index (χ0) is 18.9. The fraction of sp³-hybridized carbons (Fsp3) is 0.278. The second-order valence-corrected chi connectivity index (χ2v) is 7.25. The van der Waals surface area contributed by atoms with Crippen LogP contribution < -0.4 is 5.32 Å². The number of hydrogen-bond donors (Lipinski definition) is 1. The van der Waals surface area contributed by atoms with Crippen molar-refractivity contribution in [2.75, 3.05) is 13.6 Å². The van der Waals surface area contributed by atoms with Crippen LogP contribution in [0.3, 0.4) is 0 Å². The van der Waals surface area contributed by atoms with Crippen LogP contribution in [0.15, 0.2) is 41.8 Å². The lowest BCUT2D eigenvalue weighted by Crippen LogP contribution is -2.43. The Balaban J connectivity index is 1.68. The monoisotopic (exact) mass is 375 g/mol. The lowest BCUT2D eigenvalue weighted by Gasteiger charge is -2.22. The van der Waals surface area contributed by atoms with Crippen molar-refractivity contribution < 1.29 is 18.8 Å². The summed E-state index contributed by atoms with van der Waals surface area (Å²) >= 11 is 1.37. The molecule has 1 atom stereocenters. The number of urea groups is 1. The molecule has 2 heterocycles. The van der Waals surface area contributed by atoms with Gasteiger partial charge in [0.05, 0.1) is 0 Å². The maximum absolute atomic E-state index is 13.0. The number of likely N-dealkylation sites (N-methyl/N-ethyl adjacent to an activating group) is 1. The van der Waals surface area contributed by atoms with Gasteiger partial charge in [-0.15, -0.1) is 11.3 Å². The smallest absolute Gasteiger partial charge is 0.325 e. The highest BCUT2D eigenvalue weighted by atomic mass is 32.1. The zero-order valence-corrected chi connectivity index (χ0v) is 15.2. The third-order valence-corrected chi connectivity index (χ3v) is 5.43. The standard InChI is InChI=1S/C18H18FN3O3S/c1-18(14-4-3-9-26-14)16(24)22(17(25)20-18)11-15(23)21(2)10-12-5-7-13(19)8-6-12/h3-9H,10-11H2,1-2H3,(H,20,25). The van der Waals surface area contributed by atoms with Gasteiger partial charge in [-0.1, -0.05) is 18.2 Å². The number of nitrogens with one attached hydrogen (secondary N) is 1. The second kappa shape index (κ2) is 6.87. The number of carbonyl (C=O) groups excluding carboxylic acids is 3. The predicted octanol–water partition coefficient (Wildman–Crippen LogP) is 2.31. The highest BCUT2D eigenvalue weighted by Crippen LogP contribution is 2.31. The van der Waals surface area contributed by atoms with E-state index in [9.17, 15) is 18.8 Å². The van der Waals surface area contributed by atoms with Crippen molar-refractivity contribution in [2.45, 2.75) is 19.0 Å². The third-order valence-electron chi connectivity index (χ3n) is 4.34. The van der Waals surface area contributed by atoms with E-state index in [4.69, 9.17) is 0 Å². The molecule has 1 aromatic carbocycles. The van der Waals surface area contributed by atoms with Crippen LogP contribution in [0.25, 0.3) is 0 Å². The minimum absolute atomic E-state index is 0.255. The van der Waals surface area contributed by atoms with Gasteiger partial charge in [0.25, 0.3) is 5.91 Å². The summed E-state index contributed by atoms with van der Waals surface area (Å²) in [6.45, 7) is 1.54. The summed E-state index contributed by atoms with van der Waals surface area (Å²) in [5, 5.41) is 4.49. The van der Waals surface area contributed by atoms with E-state index in [1.54, 1.807) is 38.2 Å². The van der Waals surface area contributed by atoms with Gasteiger partial charge in [0.2, 0.25) is 5.91 Å². The molecule has 1 unspecified atom stereocenters. The van der Waals surface area contributed by atoms with Crippen LogP contribution in [0.5, 0.6) is 0 Å². The Hall–Kier alpha value is -2.74. The Morgan fingerprint density at radius 3 is 2.58 bits per heavy atom. The molecule has 1 aromatic heterocycles. The van der Waals surface area contributed by atoms with Crippen LogP contribution >= 0.6 is 11.3 Å². The topological polar surface area (TPSA) is 69.7 Å². The molecule has 1 aliphatic heterocycles. The second-order valence-electron chi connectivity index (χ2n) is 6.30. The van der Waals surface area contributed by atoms with Crippen LogP contribution in [0, 0.1) is 5.82 Å². The van der Waals surface area contributed by atoms with Gasteiger partial charge in [0.15, 0.2) is 5.54 Å². The van der Waals surface area contributed by atoms with E-state index >= 15 is 0 Å². The number of rotatable bonds is 5. The van der Waals surface area contributed by atoms with Crippen LogP contribution in [0.2, 0.25) is 0 Å². The minimum Gasteiger partial charge on any atom is -0.340 e. The molecule has 8 heteroatoms. The van der Waals surface area contributed by atoms with Crippen LogP contribution in [0.1, 0.15) is 17.4 Å². The van der Waals surface area contributed by atoms with E-state index in [1.807, 2.05) is 5.38 Å². The van der Waals surface area contributed by atoms with E-state index in [1.165, 1.54) is 28.4 Å². The first kappa shape index (κ1) is 18.1. The number of halogens is 1. The van der Waals surface area contributed by atoms with Gasteiger partial charge in [-0.05, 0) is 36.1 Å². The van der Waals surface area contributed by atoms with Gasteiger partial charge >= 0.3 is 6.03 Å². The normalized spacial score (nSPS) is 19.6. The molecule has 4 amide bonds. The van der Waals surface area contributed by atoms with Crippen molar-refractivity contribution in [2.24, 2.45) is 0 Å². The fourth-order valence-electron chi connectivity index (χ4n) is 2.78. The van der Waals surface area contributed by atoms with Crippen molar-refractivity contribution >= 4 is 29.2 Å². The molecule has 136 valence electrons. The number of benzene rings is 1. The van der Waals surface area contributed by atoms with E-state index in [2.05, 4.69) is 5.32 Å². The Morgan fingerprint density at radius 2 is 1.96 bits per heavy atom. The maximum Gasteiger partial charge on any atom is 0.325 e.